The number of benzene rings is 1. The van der Waals surface area contributed by atoms with Crippen LogP contribution in [0.3, 0.4) is 0 Å². The summed E-state index contributed by atoms with van der Waals surface area (Å²) in [6.07, 6.45) is 2.31. The summed E-state index contributed by atoms with van der Waals surface area (Å²) in [6.45, 7) is 4.72. The minimum absolute atomic E-state index is 0.0427. The van der Waals surface area contributed by atoms with Crippen LogP contribution in [-0.4, -0.2) is 47.8 Å². The molecule has 0 unspecified atom stereocenters. The zero-order chi connectivity index (χ0) is 15.2. The van der Waals surface area contributed by atoms with Gasteiger partial charge in [0.25, 0.3) is 5.91 Å². The molecule has 0 saturated carbocycles. The van der Waals surface area contributed by atoms with Gasteiger partial charge in [0.1, 0.15) is 0 Å². The van der Waals surface area contributed by atoms with E-state index in [0.29, 0.717) is 31.6 Å². The third kappa shape index (κ3) is 4.30. The normalized spacial score (nSPS) is 15.7. The van der Waals surface area contributed by atoms with Gasteiger partial charge in [0.05, 0.1) is 0 Å². The van der Waals surface area contributed by atoms with Crippen LogP contribution < -0.4 is 0 Å². The molecule has 0 aromatic heterocycles. The standard InChI is InChI=1S/C16H21BrN2O2/c1-2-5-15(20)18-8-4-9-19(11-10-18)16(21)13-6-3-7-14(17)12-13/h3,6-7,12H,2,4-5,8-11H2,1H3. The monoisotopic (exact) mass is 352 g/mol. The van der Waals surface area contributed by atoms with Crippen LogP contribution in [0.2, 0.25) is 0 Å². The zero-order valence-corrected chi connectivity index (χ0v) is 13.9. The molecule has 1 saturated heterocycles. The van der Waals surface area contributed by atoms with Crippen molar-refractivity contribution in [2.75, 3.05) is 26.2 Å². The van der Waals surface area contributed by atoms with Crippen molar-refractivity contribution in [3.63, 3.8) is 0 Å². The average Bonchev–Trinajstić information content (AvgIpc) is 2.72. The van der Waals surface area contributed by atoms with E-state index in [-0.39, 0.29) is 11.8 Å². The number of amides is 2. The third-order valence-corrected chi connectivity index (χ3v) is 4.16. The maximum Gasteiger partial charge on any atom is 0.253 e. The van der Waals surface area contributed by atoms with Gasteiger partial charge in [0.15, 0.2) is 0 Å². The van der Waals surface area contributed by atoms with Crippen molar-refractivity contribution in [3.05, 3.63) is 34.3 Å². The van der Waals surface area contributed by atoms with E-state index in [2.05, 4.69) is 15.9 Å². The molecule has 0 bridgehead atoms. The molecule has 1 aromatic rings. The molecule has 21 heavy (non-hydrogen) atoms. The largest absolute Gasteiger partial charge is 0.341 e. The lowest BCUT2D eigenvalue weighted by Crippen LogP contribution is -2.37. The Bertz CT molecular complexity index is 519. The maximum atomic E-state index is 12.5. The van der Waals surface area contributed by atoms with E-state index >= 15 is 0 Å². The smallest absolute Gasteiger partial charge is 0.253 e. The van der Waals surface area contributed by atoms with Crippen molar-refractivity contribution in [1.82, 2.24) is 9.80 Å². The van der Waals surface area contributed by atoms with E-state index in [9.17, 15) is 9.59 Å². The van der Waals surface area contributed by atoms with E-state index in [1.807, 2.05) is 41.0 Å². The Hall–Kier alpha value is -1.36. The second kappa shape index (κ2) is 7.59. The Morgan fingerprint density at radius 3 is 2.57 bits per heavy atom. The first-order chi connectivity index (χ1) is 10.1. The molecule has 1 aromatic carbocycles. The van der Waals surface area contributed by atoms with Gasteiger partial charge in [-0.2, -0.15) is 0 Å². The van der Waals surface area contributed by atoms with Gasteiger partial charge in [0.2, 0.25) is 5.91 Å². The highest BCUT2D eigenvalue weighted by Gasteiger charge is 2.22. The van der Waals surface area contributed by atoms with Crippen LogP contribution >= 0.6 is 15.9 Å². The summed E-state index contributed by atoms with van der Waals surface area (Å²) < 4.78 is 0.905. The molecule has 114 valence electrons. The number of nitrogens with zero attached hydrogens (tertiary/aromatic N) is 2. The fourth-order valence-electron chi connectivity index (χ4n) is 2.55. The molecule has 1 heterocycles. The van der Waals surface area contributed by atoms with Crippen LogP contribution in [-0.2, 0) is 4.79 Å². The summed E-state index contributed by atoms with van der Waals surface area (Å²) in [5.74, 6) is 0.246. The SMILES string of the molecule is CCCC(=O)N1CCCN(C(=O)c2cccc(Br)c2)CC1. The minimum Gasteiger partial charge on any atom is -0.341 e. The molecule has 1 aliphatic heterocycles. The van der Waals surface area contributed by atoms with Crippen LogP contribution in [0, 0.1) is 0 Å². The zero-order valence-electron chi connectivity index (χ0n) is 12.3. The van der Waals surface area contributed by atoms with Gasteiger partial charge in [0, 0.05) is 42.6 Å². The van der Waals surface area contributed by atoms with Gasteiger partial charge in [-0.1, -0.05) is 28.9 Å². The van der Waals surface area contributed by atoms with Crippen LogP contribution in [0.15, 0.2) is 28.7 Å². The van der Waals surface area contributed by atoms with E-state index < -0.39 is 0 Å². The summed E-state index contributed by atoms with van der Waals surface area (Å²) >= 11 is 3.39. The molecule has 0 spiro atoms. The molecule has 2 amide bonds. The topological polar surface area (TPSA) is 40.6 Å². The molecule has 0 N–H and O–H groups in total. The molecular formula is C16H21BrN2O2. The maximum absolute atomic E-state index is 12.5. The number of carbonyl (C=O) groups is 2. The molecule has 4 nitrogen and oxygen atoms in total. The summed E-state index contributed by atoms with van der Waals surface area (Å²) in [7, 11) is 0. The lowest BCUT2D eigenvalue weighted by Gasteiger charge is -2.22. The fourth-order valence-corrected chi connectivity index (χ4v) is 2.95. The van der Waals surface area contributed by atoms with Gasteiger partial charge in [-0.15, -0.1) is 0 Å². The lowest BCUT2D eigenvalue weighted by molar-refractivity contribution is -0.131. The van der Waals surface area contributed by atoms with Crippen LogP contribution in [0.5, 0.6) is 0 Å². The molecule has 0 radical (unpaired) electrons. The van der Waals surface area contributed by atoms with Gasteiger partial charge >= 0.3 is 0 Å². The summed E-state index contributed by atoms with van der Waals surface area (Å²) in [6, 6.07) is 7.45. The second-order valence-corrected chi connectivity index (χ2v) is 6.20. The highest BCUT2D eigenvalue weighted by atomic mass is 79.9. The Kier molecular flexibility index (Phi) is 5.79. The predicted molar refractivity (Wildman–Crippen MR) is 86.2 cm³/mol. The van der Waals surface area contributed by atoms with Crippen molar-refractivity contribution in [2.24, 2.45) is 0 Å². The average molecular weight is 353 g/mol. The summed E-state index contributed by atoms with van der Waals surface area (Å²) in [5, 5.41) is 0. The number of carbonyl (C=O) groups excluding carboxylic acids is 2. The Morgan fingerprint density at radius 2 is 1.86 bits per heavy atom. The first-order valence-corrected chi connectivity index (χ1v) is 8.23. The third-order valence-electron chi connectivity index (χ3n) is 3.67. The highest BCUT2D eigenvalue weighted by Crippen LogP contribution is 2.15. The number of halogens is 1. The second-order valence-electron chi connectivity index (χ2n) is 5.29. The molecular weight excluding hydrogens is 332 g/mol. The summed E-state index contributed by atoms with van der Waals surface area (Å²) in [4.78, 5) is 28.2. The number of rotatable bonds is 3. The molecule has 1 aliphatic rings. The molecule has 0 aliphatic carbocycles. The first-order valence-electron chi connectivity index (χ1n) is 7.44. The van der Waals surface area contributed by atoms with Crippen molar-refractivity contribution in [3.8, 4) is 0 Å². The molecule has 1 fully saturated rings. The van der Waals surface area contributed by atoms with Crippen LogP contribution in [0.25, 0.3) is 0 Å². The lowest BCUT2D eigenvalue weighted by atomic mass is 10.2. The molecule has 0 atom stereocenters. The van der Waals surface area contributed by atoms with Crippen LogP contribution in [0.4, 0.5) is 0 Å². The van der Waals surface area contributed by atoms with Gasteiger partial charge < -0.3 is 9.80 Å². The van der Waals surface area contributed by atoms with E-state index in [0.717, 1.165) is 23.9 Å². The van der Waals surface area contributed by atoms with Gasteiger partial charge in [-0.25, -0.2) is 0 Å². The van der Waals surface area contributed by atoms with Crippen molar-refractivity contribution in [1.29, 1.82) is 0 Å². The Balaban J connectivity index is 1.99. The Labute approximate surface area is 134 Å². The van der Waals surface area contributed by atoms with E-state index in [4.69, 9.17) is 0 Å². The quantitative estimate of drug-likeness (QED) is 0.838. The molecule has 2 rings (SSSR count). The van der Waals surface area contributed by atoms with E-state index in [1.165, 1.54) is 0 Å². The number of hydrogen-bond donors (Lipinski definition) is 0. The predicted octanol–water partition coefficient (Wildman–Crippen LogP) is 2.92. The van der Waals surface area contributed by atoms with Gasteiger partial charge in [-0.05, 0) is 31.0 Å². The first kappa shape index (κ1) is 16.0. The van der Waals surface area contributed by atoms with Crippen LogP contribution in [0.1, 0.15) is 36.5 Å². The van der Waals surface area contributed by atoms with Crippen molar-refractivity contribution in [2.45, 2.75) is 26.2 Å². The fraction of sp³-hybridized carbons (Fsp3) is 0.500. The highest BCUT2D eigenvalue weighted by molar-refractivity contribution is 9.10. The summed E-state index contributed by atoms with van der Waals surface area (Å²) in [5.41, 5.74) is 0.692. The van der Waals surface area contributed by atoms with Crippen molar-refractivity contribution >= 4 is 27.7 Å². The minimum atomic E-state index is 0.0427. The number of hydrogen-bond acceptors (Lipinski definition) is 2. The van der Waals surface area contributed by atoms with E-state index in [1.54, 1.807) is 0 Å². The Morgan fingerprint density at radius 1 is 1.14 bits per heavy atom. The molecule has 5 heteroatoms. The van der Waals surface area contributed by atoms with Crippen molar-refractivity contribution < 1.29 is 9.59 Å². The van der Waals surface area contributed by atoms with Gasteiger partial charge in [-0.3, -0.25) is 9.59 Å².